The number of nitrogens with one attached hydrogen (secondary N) is 1. The van der Waals surface area contributed by atoms with Crippen molar-refractivity contribution >= 4 is 29.1 Å². The van der Waals surface area contributed by atoms with Crippen LogP contribution in [0.1, 0.15) is 5.56 Å². The number of hydrogen-bond acceptors (Lipinski definition) is 3. The molecule has 0 aliphatic carbocycles. The zero-order valence-corrected chi connectivity index (χ0v) is 13.1. The van der Waals surface area contributed by atoms with E-state index in [-0.39, 0.29) is 10.7 Å². The molecule has 0 fully saturated rings. The number of amides is 2. The summed E-state index contributed by atoms with van der Waals surface area (Å²) in [5.41, 5.74) is 1.82. The van der Waals surface area contributed by atoms with Crippen molar-refractivity contribution in [3.63, 3.8) is 0 Å². The van der Waals surface area contributed by atoms with Crippen molar-refractivity contribution in [3.8, 4) is 0 Å². The molecule has 0 unspecified atom stereocenters. The lowest BCUT2D eigenvalue weighted by Crippen LogP contribution is -2.33. The number of nitrogens with zero attached hydrogens (tertiary/aromatic N) is 1. The smallest absolute Gasteiger partial charge is 0.283 e. The van der Waals surface area contributed by atoms with E-state index in [1.165, 1.54) is 0 Å². The summed E-state index contributed by atoms with van der Waals surface area (Å²) in [7, 11) is 0. The van der Waals surface area contributed by atoms with E-state index in [2.05, 4.69) is 5.32 Å². The molecule has 1 N–H and O–H groups in total. The lowest BCUT2D eigenvalue weighted by Gasteiger charge is -2.14. The van der Waals surface area contributed by atoms with Gasteiger partial charge in [0, 0.05) is 6.54 Å². The summed E-state index contributed by atoms with van der Waals surface area (Å²) in [6, 6.07) is 18.7. The Morgan fingerprint density at radius 1 is 0.870 bits per heavy atom. The Bertz CT molecular complexity index is 757. The van der Waals surface area contributed by atoms with E-state index in [0.29, 0.717) is 12.2 Å². The standard InChI is InChI=1S/C18H15ClN2O2/c19-15-16(20-12-11-13-7-3-1-4-8-13)18(23)21(17(15)22)14-9-5-2-6-10-14/h1-10,20H,11-12H2. The lowest BCUT2D eigenvalue weighted by molar-refractivity contribution is -0.120. The van der Waals surface area contributed by atoms with Gasteiger partial charge in [-0.1, -0.05) is 60.1 Å². The first-order valence-electron chi connectivity index (χ1n) is 7.30. The topological polar surface area (TPSA) is 49.4 Å². The van der Waals surface area contributed by atoms with Crippen molar-refractivity contribution in [2.45, 2.75) is 6.42 Å². The first kappa shape index (κ1) is 15.3. The van der Waals surface area contributed by atoms with E-state index in [9.17, 15) is 9.59 Å². The number of carbonyl (C=O) groups is 2. The molecule has 2 aromatic rings. The molecule has 2 amide bonds. The van der Waals surface area contributed by atoms with Gasteiger partial charge in [-0.05, 0) is 24.1 Å². The molecule has 0 saturated carbocycles. The molecule has 5 heteroatoms. The molecule has 0 atom stereocenters. The van der Waals surface area contributed by atoms with Crippen molar-refractivity contribution in [2.75, 3.05) is 11.4 Å². The van der Waals surface area contributed by atoms with Crippen molar-refractivity contribution in [1.29, 1.82) is 0 Å². The minimum absolute atomic E-state index is 0.0630. The van der Waals surface area contributed by atoms with Crippen LogP contribution in [0.4, 0.5) is 5.69 Å². The van der Waals surface area contributed by atoms with Crippen molar-refractivity contribution < 1.29 is 9.59 Å². The highest BCUT2D eigenvalue weighted by Crippen LogP contribution is 2.27. The molecule has 1 heterocycles. The molecule has 0 aromatic heterocycles. The second-order valence-electron chi connectivity index (χ2n) is 5.13. The Labute approximate surface area is 139 Å². The van der Waals surface area contributed by atoms with E-state index in [1.807, 2.05) is 36.4 Å². The summed E-state index contributed by atoms with van der Waals surface area (Å²) >= 11 is 6.06. The molecule has 1 aliphatic heterocycles. The van der Waals surface area contributed by atoms with Gasteiger partial charge in [0.15, 0.2) is 0 Å². The Hall–Kier alpha value is -2.59. The fraction of sp³-hybridized carbons (Fsp3) is 0.111. The van der Waals surface area contributed by atoms with Gasteiger partial charge in [0.2, 0.25) is 0 Å². The fourth-order valence-electron chi connectivity index (χ4n) is 2.44. The van der Waals surface area contributed by atoms with Crippen LogP contribution in [-0.2, 0) is 16.0 Å². The molecule has 2 aromatic carbocycles. The second kappa shape index (κ2) is 6.67. The molecule has 4 nitrogen and oxygen atoms in total. The van der Waals surface area contributed by atoms with Gasteiger partial charge in [-0.25, -0.2) is 4.90 Å². The van der Waals surface area contributed by atoms with Crippen molar-refractivity contribution in [1.82, 2.24) is 5.32 Å². The van der Waals surface area contributed by atoms with E-state index in [4.69, 9.17) is 11.6 Å². The third-order valence-corrected chi connectivity index (χ3v) is 3.95. The van der Waals surface area contributed by atoms with Gasteiger partial charge in [0.1, 0.15) is 10.7 Å². The fourth-order valence-corrected chi connectivity index (χ4v) is 2.68. The number of halogens is 1. The molecule has 0 radical (unpaired) electrons. The molecule has 3 rings (SSSR count). The number of carbonyl (C=O) groups excluding carboxylic acids is 2. The Morgan fingerprint density at radius 2 is 1.48 bits per heavy atom. The second-order valence-corrected chi connectivity index (χ2v) is 5.51. The summed E-state index contributed by atoms with van der Waals surface area (Å²) in [4.78, 5) is 25.8. The van der Waals surface area contributed by atoms with Crippen LogP contribution in [0, 0.1) is 0 Å². The number of rotatable bonds is 5. The molecule has 23 heavy (non-hydrogen) atoms. The summed E-state index contributed by atoms with van der Waals surface area (Å²) < 4.78 is 0. The molecule has 0 spiro atoms. The predicted octanol–water partition coefficient (Wildman–Crippen LogP) is 2.84. The third kappa shape index (κ3) is 3.12. The lowest BCUT2D eigenvalue weighted by atomic mass is 10.1. The van der Waals surface area contributed by atoms with Gasteiger partial charge < -0.3 is 5.32 Å². The monoisotopic (exact) mass is 326 g/mol. The van der Waals surface area contributed by atoms with Crippen molar-refractivity contribution in [3.05, 3.63) is 77.0 Å². The zero-order chi connectivity index (χ0) is 16.2. The minimum atomic E-state index is -0.495. The van der Waals surface area contributed by atoms with Crippen LogP contribution in [0.25, 0.3) is 0 Å². The van der Waals surface area contributed by atoms with Crippen LogP contribution in [0.2, 0.25) is 0 Å². The van der Waals surface area contributed by atoms with Crippen molar-refractivity contribution in [2.24, 2.45) is 0 Å². The Kier molecular flexibility index (Phi) is 4.44. The largest absolute Gasteiger partial charge is 0.379 e. The minimum Gasteiger partial charge on any atom is -0.379 e. The van der Waals surface area contributed by atoms with Crippen LogP contribution in [0.3, 0.4) is 0 Å². The normalized spacial score (nSPS) is 14.6. The van der Waals surface area contributed by atoms with E-state index < -0.39 is 11.8 Å². The Balaban J connectivity index is 1.70. The number of benzene rings is 2. The molecule has 0 bridgehead atoms. The molecule has 116 valence electrons. The maximum atomic E-state index is 12.5. The number of hydrogen-bond donors (Lipinski definition) is 1. The van der Waals surface area contributed by atoms with E-state index in [1.54, 1.807) is 24.3 Å². The molecular formula is C18H15ClN2O2. The summed E-state index contributed by atoms with van der Waals surface area (Å²) in [5, 5.41) is 2.93. The SMILES string of the molecule is O=C1C(Cl)=C(NCCc2ccccc2)C(=O)N1c1ccccc1. The van der Waals surface area contributed by atoms with Gasteiger partial charge in [-0.2, -0.15) is 0 Å². The van der Waals surface area contributed by atoms with Gasteiger partial charge in [0.25, 0.3) is 11.8 Å². The Morgan fingerprint density at radius 3 is 2.13 bits per heavy atom. The molecular weight excluding hydrogens is 312 g/mol. The number of anilines is 1. The average molecular weight is 327 g/mol. The van der Waals surface area contributed by atoms with Crippen LogP contribution in [0.15, 0.2) is 71.4 Å². The van der Waals surface area contributed by atoms with E-state index in [0.717, 1.165) is 16.9 Å². The van der Waals surface area contributed by atoms with Gasteiger partial charge >= 0.3 is 0 Å². The maximum Gasteiger partial charge on any atom is 0.283 e. The van der Waals surface area contributed by atoms with Gasteiger partial charge in [-0.3, -0.25) is 9.59 Å². The van der Waals surface area contributed by atoms with Crippen LogP contribution < -0.4 is 10.2 Å². The predicted molar refractivity (Wildman–Crippen MR) is 90.0 cm³/mol. The number of imide groups is 1. The molecule has 0 saturated heterocycles. The third-order valence-electron chi connectivity index (χ3n) is 3.60. The zero-order valence-electron chi connectivity index (χ0n) is 12.3. The highest BCUT2D eigenvalue weighted by atomic mass is 35.5. The average Bonchev–Trinajstić information content (AvgIpc) is 2.80. The van der Waals surface area contributed by atoms with Crippen LogP contribution in [-0.4, -0.2) is 18.4 Å². The highest BCUT2D eigenvalue weighted by Gasteiger charge is 2.38. The summed E-state index contributed by atoms with van der Waals surface area (Å²) in [6.45, 7) is 0.525. The first-order chi connectivity index (χ1) is 11.2. The maximum absolute atomic E-state index is 12.5. The number of para-hydroxylation sites is 1. The quantitative estimate of drug-likeness (QED) is 0.860. The summed E-state index contributed by atoms with van der Waals surface area (Å²) in [5.74, 6) is -0.913. The van der Waals surface area contributed by atoms with Gasteiger partial charge in [-0.15, -0.1) is 0 Å². The molecule has 1 aliphatic rings. The van der Waals surface area contributed by atoms with E-state index >= 15 is 0 Å². The van der Waals surface area contributed by atoms with Crippen LogP contribution in [0.5, 0.6) is 0 Å². The summed E-state index contributed by atoms with van der Waals surface area (Å²) in [6.07, 6.45) is 0.737. The van der Waals surface area contributed by atoms with Gasteiger partial charge in [0.05, 0.1) is 5.69 Å². The van der Waals surface area contributed by atoms with Crippen LogP contribution >= 0.6 is 11.6 Å². The first-order valence-corrected chi connectivity index (χ1v) is 7.67. The highest BCUT2D eigenvalue weighted by molar-refractivity contribution is 6.52.